The third-order valence-electron chi connectivity index (χ3n) is 3.84. The Bertz CT molecular complexity index is 831. The average Bonchev–Trinajstić information content (AvgIpc) is 2.58. The molecule has 0 spiro atoms. The third-order valence-corrected chi connectivity index (χ3v) is 5.01. The zero-order chi connectivity index (χ0) is 19.2. The van der Waals surface area contributed by atoms with Crippen molar-refractivity contribution in [3.8, 4) is 5.75 Å². The summed E-state index contributed by atoms with van der Waals surface area (Å²) in [6.45, 7) is 3.96. The van der Waals surface area contributed by atoms with Gasteiger partial charge in [0.05, 0.1) is 18.5 Å². The van der Waals surface area contributed by atoms with Gasteiger partial charge >= 0.3 is 0 Å². The summed E-state index contributed by atoms with van der Waals surface area (Å²) in [6.07, 6.45) is 1.17. The van der Waals surface area contributed by atoms with Gasteiger partial charge < -0.3 is 10.1 Å². The first-order valence-corrected chi connectivity index (χ1v) is 10.1. The fraction of sp³-hybridized carbons (Fsp3) is 0.316. The van der Waals surface area contributed by atoms with E-state index in [1.54, 1.807) is 12.1 Å². The first-order valence-electron chi connectivity index (χ1n) is 8.27. The van der Waals surface area contributed by atoms with E-state index in [4.69, 9.17) is 4.74 Å². The predicted octanol–water partition coefficient (Wildman–Crippen LogP) is 2.26. The van der Waals surface area contributed by atoms with E-state index in [0.29, 0.717) is 11.4 Å². The molecule has 0 unspecified atom stereocenters. The predicted molar refractivity (Wildman–Crippen MR) is 103 cm³/mol. The summed E-state index contributed by atoms with van der Waals surface area (Å²) in [7, 11) is -3.47. The summed E-state index contributed by atoms with van der Waals surface area (Å²) in [6, 6.07) is 14.7. The summed E-state index contributed by atoms with van der Waals surface area (Å²) >= 11 is 0. The van der Waals surface area contributed by atoms with Crippen molar-refractivity contribution in [2.45, 2.75) is 13.8 Å². The van der Waals surface area contributed by atoms with Gasteiger partial charge in [-0.05, 0) is 37.1 Å². The first-order chi connectivity index (χ1) is 12.3. The van der Waals surface area contributed by atoms with Crippen LogP contribution in [0.1, 0.15) is 11.1 Å². The van der Waals surface area contributed by atoms with Crippen LogP contribution in [0.2, 0.25) is 0 Å². The fourth-order valence-electron chi connectivity index (χ4n) is 2.66. The highest BCUT2D eigenvalue weighted by Crippen LogP contribution is 2.26. The van der Waals surface area contributed by atoms with Crippen molar-refractivity contribution < 1.29 is 17.9 Å². The summed E-state index contributed by atoms with van der Waals surface area (Å²) < 4.78 is 31.1. The maximum Gasteiger partial charge on any atom is 0.258 e. The molecule has 0 fully saturated rings. The van der Waals surface area contributed by atoms with Gasteiger partial charge in [-0.1, -0.05) is 36.4 Å². The van der Waals surface area contributed by atoms with Crippen molar-refractivity contribution in [3.63, 3.8) is 0 Å². The minimum atomic E-state index is -3.47. The lowest BCUT2D eigenvalue weighted by Gasteiger charge is -2.26. The van der Waals surface area contributed by atoms with Crippen LogP contribution < -0.4 is 14.4 Å². The fourth-order valence-corrected chi connectivity index (χ4v) is 3.70. The van der Waals surface area contributed by atoms with E-state index >= 15 is 0 Å². The van der Waals surface area contributed by atoms with E-state index in [1.165, 1.54) is 10.6 Å². The molecule has 2 aromatic rings. The molecule has 140 valence electrons. The van der Waals surface area contributed by atoms with E-state index in [0.717, 1.165) is 11.1 Å². The van der Waals surface area contributed by atoms with Gasteiger partial charge in [0.25, 0.3) is 5.91 Å². The molecule has 0 aliphatic heterocycles. The molecule has 1 amide bonds. The lowest BCUT2D eigenvalue weighted by molar-refractivity contribution is -0.123. The van der Waals surface area contributed by atoms with Crippen LogP contribution in [0, 0.1) is 13.8 Å². The molecular weight excluding hydrogens is 352 g/mol. The van der Waals surface area contributed by atoms with Gasteiger partial charge in [-0.15, -0.1) is 0 Å². The van der Waals surface area contributed by atoms with Crippen molar-refractivity contribution in [1.29, 1.82) is 0 Å². The second-order valence-corrected chi connectivity index (χ2v) is 7.93. The minimum Gasteiger partial charge on any atom is -0.484 e. The van der Waals surface area contributed by atoms with Crippen molar-refractivity contribution >= 4 is 21.6 Å². The lowest BCUT2D eigenvalue weighted by Crippen LogP contribution is -2.40. The molecule has 0 aliphatic carbocycles. The lowest BCUT2D eigenvalue weighted by atomic mass is 10.1. The van der Waals surface area contributed by atoms with Gasteiger partial charge in [0.2, 0.25) is 10.0 Å². The molecule has 26 heavy (non-hydrogen) atoms. The topological polar surface area (TPSA) is 75.7 Å². The normalized spacial score (nSPS) is 11.0. The molecule has 6 nitrogen and oxygen atoms in total. The summed E-state index contributed by atoms with van der Waals surface area (Å²) in [5.74, 6) is 0.305. The quantitative estimate of drug-likeness (QED) is 0.767. The van der Waals surface area contributed by atoms with Crippen LogP contribution in [0.15, 0.2) is 48.5 Å². The third kappa shape index (κ3) is 5.49. The highest BCUT2D eigenvalue weighted by atomic mass is 32.2. The van der Waals surface area contributed by atoms with Crippen molar-refractivity contribution in [2.24, 2.45) is 0 Å². The van der Waals surface area contributed by atoms with Crippen molar-refractivity contribution in [1.82, 2.24) is 5.32 Å². The SMILES string of the molecule is Cc1cccc(C)c1N(CCNC(=O)COc1ccccc1)S(C)(=O)=O. The first kappa shape index (κ1) is 19.8. The van der Waals surface area contributed by atoms with Crippen LogP contribution in [0.3, 0.4) is 0 Å². The number of hydrogen-bond acceptors (Lipinski definition) is 4. The van der Waals surface area contributed by atoms with Gasteiger partial charge in [0, 0.05) is 6.54 Å². The number of ether oxygens (including phenoxy) is 1. The molecule has 0 saturated heterocycles. The van der Waals surface area contributed by atoms with Crippen LogP contribution >= 0.6 is 0 Å². The summed E-state index contributed by atoms with van der Waals surface area (Å²) in [5.41, 5.74) is 2.40. The largest absolute Gasteiger partial charge is 0.484 e. The highest BCUT2D eigenvalue weighted by molar-refractivity contribution is 7.92. The Morgan fingerprint density at radius 3 is 2.23 bits per heavy atom. The van der Waals surface area contributed by atoms with E-state index in [2.05, 4.69) is 5.32 Å². The van der Waals surface area contributed by atoms with Gasteiger partial charge in [-0.3, -0.25) is 9.10 Å². The number of para-hydroxylation sites is 2. The number of amides is 1. The van der Waals surface area contributed by atoms with Crippen molar-refractivity contribution in [2.75, 3.05) is 30.3 Å². The molecule has 0 bridgehead atoms. The Morgan fingerprint density at radius 2 is 1.65 bits per heavy atom. The number of benzene rings is 2. The number of aryl methyl sites for hydroxylation is 2. The molecule has 1 N–H and O–H groups in total. The maximum atomic E-state index is 12.2. The molecule has 0 aliphatic rings. The number of nitrogens with one attached hydrogen (secondary N) is 1. The Hall–Kier alpha value is -2.54. The average molecular weight is 376 g/mol. The molecule has 0 atom stereocenters. The summed E-state index contributed by atoms with van der Waals surface area (Å²) in [5, 5.41) is 2.69. The number of anilines is 1. The van der Waals surface area contributed by atoms with Crippen LogP contribution in [-0.2, 0) is 14.8 Å². The van der Waals surface area contributed by atoms with E-state index in [9.17, 15) is 13.2 Å². The molecule has 2 aromatic carbocycles. The highest BCUT2D eigenvalue weighted by Gasteiger charge is 2.20. The van der Waals surface area contributed by atoms with E-state index in [1.807, 2.05) is 50.2 Å². The second kappa shape index (κ2) is 8.71. The number of carbonyl (C=O) groups is 1. The number of hydrogen-bond donors (Lipinski definition) is 1. The Labute approximate surface area is 154 Å². The van der Waals surface area contributed by atoms with Crippen LogP contribution in [-0.4, -0.2) is 40.3 Å². The molecule has 0 radical (unpaired) electrons. The zero-order valence-corrected chi connectivity index (χ0v) is 16.0. The molecule has 0 heterocycles. The Balaban J connectivity index is 1.95. The Kier molecular flexibility index (Phi) is 6.63. The van der Waals surface area contributed by atoms with E-state index < -0.39 is 10.0 Å². The van der Waals surface area contributed by atoms with Crippen molar-refractivity contribution in [3.05, 3.63) is 59.7 Å². The number of rotatable bonds is 8. The number of sulfonamides is 1. The van der Waals surface area contributed by atoms with E-state index in [-0.39, 0.29) is 25.6 Å². The Morgan fingerprint density at radius 1 is 1.04 bits per heavy atom. The molecule has 0 aromatic heterocycles. The summed E-state index contributed by atoms with van der Waals surface area (Å²) in [4.78, 5) is 11.9. The molecular formula is C19H24N2O4S. The van der Waals surface area contributed by atoms with Gasteiger partial charge in [0.15, 0.2) is 6.61 Å². The zero-order valence-electron chi connectivity index (χ0n) is 15.2. The van der Waals surface area contributed by atoms with Crippen LogP contribution in [0.4, 0.5) is 5.69 Å². The second-order valence-electron chi connectivity index (χ2n) is 6.03. The molecule has 2 rings (SSSR count). The van der Waals surface area contributed by atoms with Crippen LogP contribution in [0.5, 0.6) is 5.75 Å². The molecule has 7 heteroatoms. The minimum absolute atomic E-state index is 0.119. The van der Waals surface area contributed by atoms with Gasteiger partial charge in [0.1, 0.15) is 5.75 Å². The van der Waals surface area contributed by atoms with Crippen LogP contribution in [0.25, 0.3) is 0 Å². The molecule has 0 saturated carbocycles. The monoisotopic (exact) mass is 376 g/mol. The standard InChI is InChI=1S/C19H24N2O4S/c1-15-8-7-9-16(2)19(15)21(26(3,23)24)13-12-20-18(22)14-25-17-10-5-4-6-11-17/h4-11H,12-14H2,1-3H3,(H,20,22). The smallest absolute Gasteiger partial charge is 0.258 e. The maximum absolute atomic E-state index is 12.2. The van der Waals surface area contributed by atoms with Gasteiger partial charge in [-0.2, -0.15) is 0 Å². The number of nitrogens with zero attached hydrogens (tertiary/aromatic N) is 1. The number of carbonyl (C=O) groups excluding carboxylic acids is 1. The van der Waals surface area contributed by atoms with Gasteiger partial charge in [-0.25, -0.2) is 8.42 Å².